The van der Waals surface area contributed by atoms with Crippen molar-refractivity contribution in [3.8, 4) is 0 Å². The van der Waals surface area contributed by atoms with E-state index in [1.165, 1.54) is 12.2 Å². The maximum atomic E-state index is 12.9. The molecule has 0 aromatic carbocycles. The Balaban J connectivity index is 4.05. The molecular weight excluding hydrogens is 186 g/mol. The zero-order valence-electron chi connectivity index (χ0n) is 8.93. The third kappa shape index (κ3) is 7.92. The summed E-state index contributed by atoms with van der Waals surface area (Å²) in [6.07, 6.45) is 1.94. The lowest BCUT2D eigenvalue weighted by Gasteiger charge is -2.00. The van der Waals surface area contributed by atoms with E-state index in [0.717, 1.165) is 0 Å². The van der Waals surface area contributed by atoms with Crippen molar-refractivity contribution >= 4 is 0 Å². The zero-order chi connectivity index (χ0) is 11.1. The summed E-state index contributed by atoms with van der Waals surface area (Å²) in [7, 11) is 0. The Bertz CT molecular complexity index is 217. The fourth-order valence-corrected chi connectivity index (χ4v) is 0.953. The molecule has 0 aliphatic heterocycles. The Morgan fingerprint density at radius 3 is 2.21 bits per heavy atom. The Kier molecular flexibility index (Phi) is 6.37. The molecule has 1 N–H and O–H groups in total. The summed E-state index contributed by atoms with van der Waals surface area (Å²) in [5, 5.41) is 8.86. The number of hydrogen-bond donors (Lipinski definition) is 1. The summed E-state index contributed by atoms with van der Waals surface area (Å²) in [5.74, 6) is -0.904. The van der Waals surface area contributed by atoms with Crippen molar-refractivity contribution in [2.24, 2.45) is 5.92 Å². The molecule has 0 radical (unpaired) electrons. The average Bonchev–Trinajstić information content (AvgIpc) is 1.98. The van der Waals surface area contributed by atoms with Crippen LogP contribution in [-0.4, -0.2) is 11.2 Å². The van der Waals surface area contributed by atoms with E-state index in [2.05, 4.69) is 0 Å². The molecule has 0 heterocycles. The van der Waals surface area contributed by atoms with Gasteiger partial charge in [0.25, 0.3) is 0 Å². The van der Waals surface area contributed by atoms with E-state index in [1.807, 2.05) is 13.8 Å². The van der Waals surface area contributed by atoms with Gasteiger partial charge in [-0.3, -0.25) is 0 Å². The molecule has 1 unspecified atom stereocenters. The van der Waals surface area contributed by atoms with Gasteiger partial charge in [0, 0.05) is 0 Å². The maximum absolute atomic E-state index is 12.9. The van der Waals surface area contributed by atoms with Gasteiger partial charge in [-0.1, -0.05) is 13.8 Å². The standard InChI is InChI=1S/C11H18F2O/c1-8(2)6-11(13)7-10(12)5-4-9(3)14/h5-6,8-9,14H,4,7H2,1-3H3/b10-5+,11-6+. The van der Waals surface area contributed by atoms with Crippen LogP contribution in [0.3, 0.4) is 0 Å². The van der Waals surface area contributed by atoms with Gasteiger partial charge in [-0.2, -0.15) is 0 Å². The van der Waals surface area contributed by atoms with E-state index in [1.54, 1.807) is 6.92 Å². The second kappa shape index (κ2) is 6.71. The molecule has 0 spiro atoms. The lowest BCUT2D eigenvalue weighted by Crippen LogP contribution is -1.96. The average molecular weight is 204 g/mol. The van der Waals surface area contributed by atoms with Crippen LogP contribution in [-0.2, 0) is 0 Å². The quantitative estimate of drug-likeness (QED) is 0.726. The van der Waals surface area contributed by atoms with Crippen molar-refractivity contribution in [3.05, 3.63) is 23.8 Å². The number of rotatable bonds is 5. The second-order valence-electron chi connectivity index (χ2n) is 3.77. The van der Waals surface area contributed by atoms with Crippen LogP contribution in [0.4, 0.5) is 8.78 Å². The molecule has 0 saturated heterocycles. The molecule has 0 amide bonds. The fraction of sp³-hybridized carbons (Fsp3) is 0.636. The van der Waals surface area contributed by atoms with Gasteiger partial charge in [0.2, 0.25) is 0 Å². The highest BCUT2D eigenvalue weighted by molar-refractivity contribution is 5.06. The van der Waals surface area contributed by atoms with Crippen molar-refractivity contribution in [2.75, 3.05) is 0 Å². The van der Waals surface area contributed by atoms with Crippen LogP contribution in [0.5, 0.6) is 0 Å². The van der Waals surface area contributed by atoms with Gasteiger partial charge < -0.3 is 5.11 Å². The van der Waals surface area contributed by atoms with Gasteiger partial charge in [0.05, 0.1) is 12.5 Å². The van der Waals surface area contributed by atoms with E-state index >= 15 is 0 Å². The third-order valence-electron chi connectivity index (χ3n) is 1.53. The van der Waals surface area contributed by atoms with Gasteiger partial charge in [0.1, 0.15) is 11.7 Å². The molecule has 0 rings (SSSR count). The molecular formula is C11H18F2O. The number of aliphatic hydroxyl groups is 1. The van der Waals surface area contributed by atoms with Gasteiger partial charge >= 0.3 is 0 Å². The Hall–Kier alpha value is -0.700. The maximum Gasteiger partial charge on any atom is 0.103 e. The molecule has 0 fully saturated rings. The Morgan fingerprint density at radius 1 is 1.21 bits per heavy atom. The van der Waals surface area contributed by atoms with Crippen molar-refractivity contribution < 1.29 is 13.9 Å². The summed E-state index contributed by atoms with van der Waals surface area (Å²) < 4.78 is 25.9. The number of aliphatic hydroxyl groups excluding tert-OH is 1. The minimum atomic E-state index is -0.585. The molecule has 0 saturated carbocycles. The molecule has 1 nitrogen and oxygen atoms in total. The fourth-order valence-electron chi connectivity index (χ4n) is 0.953. The summed E-state index contributed by atoms with van der Waals surface area (Å²) in [6.45, 7) is 5.22. The summed E-state index contributed by atoms with van der Waals surface area (Å²) in [4.78, 5) is 0. The lowest BCUT2D eigenvalue weighted by atomic mass is 10.1. The predicted molar refractivity (Wildman–Crippen MR) is 54.1 cm³/mol. The van der Waals surface area contributed by atoms with Crippen LogP contribution in [0, 0.1) is 5.92 Å². The van der Waals surface area contributed by atoms with E-state index in [4.69, 9.17) is 5.11 Å². The molecule has 0 aromatic heterocycles. The second-order valence-corrected chi connectivity index (χ2v) is 3.77. The van der Waals surface area contributed by atoms with Crippen LogP contribution >= 0.6 is 0 Å². The monoisotopic (exact) mass is 204 g/mol. The lowest BCUT2D eigenvalue weighted by molar-refractivity contribution is 0.197. The Labute approximate surface area is 84.1 Å². The van der Waals surface area contributed by atoms with Crippen molar-refractivity contribution in [3.63, 3.8) is 0 Å². The van der Waals surface area contributed by atoms with Crippen molar-refractivity contribution in [1.29, 1.82) is 0 Å². The number of halogens is 2. The topological polar surface area (TPSA) is 20.2 Å². The summed E-state index contributed by atoms with van der Waals surface area (Å²) >= 11 is 0. The Morgan fingerprint density at radius 2 is 1.79 bits per heavy atom. The molecule has 1 atom stereocenters. The highest BCUT2D eigenvalue weighted by Gasteiger charge is 2.02. The summed E-state index contributed by atoms with van der Waals surface area (Å²) in [6, 6.07) is 0. The number of hydrogen-bond acceptors (Lipinski definition) is 1. The van der Waals surface area contributed by atoms with Crippen molar-refractivity contribution in [2.45, 2.75) is 39.7 Å². The molecule has 14 heavy (non-hydrogen) atoms. The van der Waals surface area contributed by atoms with Gasteiger partial charge in [0.15, 0.2) is 0 Å². The van der Waals surface area contributed by atoms with Crippen LogP contribution < -0.4 is 0 Å². The smallest absolute Gasteiger partial charge is 0.103 e. The van der Waals surface area contributed by atoms with Gasteiger partial charge in [-0.15, -0.1) is 0 Å². The molecule has 0 aromatic rings. The van der Waals surface area contributed by atoms with Crippen LogP contribution in [0.1, 0.15) is 33.6 Å². The first kappa shape index (κ1) is 13.3. The van der Waals surface area contributed by atoms with Gasteiger partial charge in [-0.05, 0) is 31.4 Å². The molecule has 82 valence electrons. The van der Waals surface area contributed by atoms with Crippen LogP contribution in [0.2, 0.25) is 0 Å². The minimum Gasteiger partial charge on any atom is -0.393 e. The van der Waals surface area contributed by atoms with E-state index in [-0.39, 0.29) is 18.8 Å². The first-order valence-corrected chi connectivity index (χ1v) is 4.80. The van der Waals surface area contributed by atoms with Crippen LogP contribution in [0.15, 0.2) is 23.8 Å². The van der Waals surface area contributed by atoms with E-state index in [0.29, 0.717) is 0 Å². The third-order valence-corrected chi connectivity index (χ3v) is 1.53. The highest BCUT2D eigenvalue weighted by atomic mass is 19.1. The van der Waals surface area contributed by atoms with Gasteiger partial charge in [-0.25, -0.2) is 8.78 Å². The number of allylic oxidation sites excluding steroid dienone is 3. The van der Waals surface area contributed by atoms with Crippen LogP contribution in [0.25, 0.3) is 0 Å². The highest BCUT2D eigenvalue weighted by Crippen LogP contribution is 2.16. The van der Waals surface area contributed by atoms with E-state index in [9.17, 15) is 8.78 Å². The van der Waals surface area contributed by atoms with Crippen molar-refractivity contribution in [1.82, 2.24) is 0 Å². The molecule has 0 aliphatic carbocycles. The van der Waals surface area contributed by atoms with E-state index < -0.39 is 17.8 Å². The molecule has 0 bridgehead atoms. The first-order chi connectivity index (χ1) is 6.41. The summed E-state index contributed by atoms with van der Waals surface area (Å²) in [5.41, 5.74) is 0. The first-order valence-electron chi connectivity index (χ1n) is 4.80. The predicted octanol–water partition coefficient (Wildman–Crippen LogP) is 3.51. The SMILES string of the molecule is CC(C)/C=C(/F)C/C(F)=C\CC(C)O. The minimum absolute atomic E-state index is 0.0829. The molecule has 0 aliphatic rings. The normalized spacial score (nSPS) is 16.2. The molecule has 3 heteroatoms. The zero-order valence-corrected chi connectivity index (χ0v) is 8.93. The largest absolute Gasteiger partial charge is 0.393 e.